The minimum absolute atomic E-state index is 0. The summed E-state index contributed by atoms with van der Waals surface area (Å²) >= 11 is 6.05. The lowest BCUT2D eigenvalue weighted by Crippen LogP contribution is -2.42. The standard InChI is InChI=1S/C17H30ClN5O.HI/c1-7-19-15(24)17(3,4)12-21-16(20-8-2)23(6)11-14-9-13(18)10-22(14)5;/h9-10H,7-8,11-12H2,1-6H3,(H,19,24)(H,20,21);1H. The molecule has 1 rings (SSSR count). The van der Waals surface area contributed by atoms with Crippen LogP contribution in [-0.4, -0.2) is 48.0 Å². The van der Waals surface area contributed by atoms with Crippen LogP contribution in [0.1, 0.15) is 33.4 Å². The molecule has 0 fully saturated rings. The highest BCUT2D eigenvalue weighted by Gasteiger charge is 2.27. The molecule has 0 unspecified atom stereocenters. The molecule has 8 heteroatoms. The lowest BCUT2D eigenvalue weighted by molar-refractivity contribution is -0.128. The fourth-order valence-electron chi connectivity index (χ4n) is 2.26. The SMILES string of the molecule is CCNC(=O)C(C)(C)CN=C(NCC)N(C)Cc1cc(Cl)cn1C.I. The van der Waals surface area contributed by atoms with E-state index in [9.17, 15) is 4.79 Å². The number of nitrogens with zero attached hydrogens (tertiary/aromatic N) is 3. The van der Waals surface area contributed by atoms with Gasteiger partial charge < -0.3 is 20.1 Å². The number of aryl methyl sites for hydroxylation is 1. The van der Waals surface area contributed by atoms with E-state index in [0.29, 0.717) is 19.6 Å². The molecule has 0 atom stereocenters. The average molecular weight is 484 g/mol. The highest BCUT2D eigenvalue weighted by molar-refractivity contribution is 14.0. The van der Waals surface area contributed by atoms with Gasteiger partial charge in [0.25, 0.3) is 0 Å². The Kier molecular flexibility index (Phi) is 10.5. The van der Waals surface area contributed by atoms with Crippen LogP contribution in [0.4, 0.5) is 0 Å². The molecular formula is C17H31ClIN5O. The third-order valence-electron chi connectivity index (χ3n) is 3.75. The molecule has 1 heterocycles. The second-order valence-electron chi connectivity index (χ2n) is 6.53. The van der Waals surface area contributed by atoms with Crippen LogP contribution in [0.15, 0.2) is 17.3 Å². The number of hydrogen-bond acceptors (Lipinski definition) is 2. The van der Waals surface area contributed by atoms with Crippen molar-refractivity contribution in [3.05, 3.63) is 23.0 Å². The number of halogens is 2. The number of carbonyl (C=O) groups is 1. The van der Waals surface area contributed by atoms with Crippen LogP contribution in [0.2, 0.25) is 5.02 Å². The third kappa shape index (κ3) is 7.43. The summed E-state index contributed by atoms with van der Waals surface area (Å²) in [5, 5.41) is 6.86. The molecule has 0 bridgehead atoms. The molecule has 0 saturated carbocycles. The van der Waals surface area contributed by atoms with Crippen molar-refractivity contribution in [3.63, 3.8) is 0 Å². The minimum atomic E-state index is -0.550. The van der Waals surface area contributed by atoms with Crippen molar-refractivity contribution in [2.75, 3.05) is 26.7 Å². The predicted molar refractivity (Wildman–Crippen MR) is 116 cm³/mol. The lowest BCUT2D eigenvalue weighted by atomic mass is 9.92. The molecule has 144 valence electrons. The molecule has 0 saturated heterocycles. The van der Waals surface area contributed by atoms with Gasteiger partial charge in [0.2, 0.25) is 5.91 Å². The van der Waals surface area contributed by atoms with E-state index in [1.807, 2.05) is 63.5 Å². The Balaban J connectivity index is 0.00000576. The van der Waals surface area contributed by atoms with Crippen molar-refractivity contribution >= 4 is 47.4 Å². The Morgan fingerprint density at radius 3 is 2.40 bits per heavy atom. The van der Waals surface area contributed by atoms with Crippen LogP contribution in [0.5, 0.6) is 0 Å². The van der Waals surface area contributed by atoms with Gasteiger partial charge in [0.1, 0.15) is 0 Å². The number of guanidine groups is 1. The predicted octanol–water partition coefficient (Wildman–Crippen LogP) is 2.86. The first-order chi connectivity index (χ1) is 11.2. The molecular weight excluding hydrogens is 453 g/mol. The smallest absolute Gasteiger partial charge is 0.227 e. The normalized spacial score (nSPS) is 11.7. The number of aromatic nitrogens is 1. The van der Waals surface area contributed by atoms with Gasteiger partial charge in [-0.3, -0.25) is 9.79 Å². The first-order valence-electron chi connectivity index (χ1n) is 8.29. The zero-order valence-electron chi connectivity index (χ0n) is 16.0. The van der Waals surface area contributed by atoms with Gasteiger partial charge >= 0.3 is 0 Å². The number of aliphatic imine (C=N–C) groups is 1. The van der Waals surface area contributed by atoms with E-state index in [4.69, 9.17) is 11.6 Å². The van der Waals surface area contributed by atoms with Gasteiger partial charge in [-0.25, -0.2) is 0 Å². The zero-order chi connectivity index (χ0) is 18.3. The summed E-state index contributed by atoms with van der Waals surface area (Å²) in [6.07, 6.45) is 1.88. The maximum Gasteiger partial charge on any atom is 0.227 e. The van der Waals surface area contributed by atoms with Gasteiger partial charge in [-0.05, 0) is 33.8 Å². The summed E-state index contributed by atoms with van der Waals surface area (Å²) in [4.78, 5) is 18.8. The zero-order valence-corrected chi connectivity index (χ0v) is 19.1. The van der Waals surface area contributed by atoms with E-state index < -0.39 is 5.41 Å². The van der Waals surface area contributed by atoms with Gasteiger partial charge in [-0.2, -0.15) is 0 Å². The van der Waals surface area contributed by atoms with E-state index in [0.717, 1.165) is 23.2 Å². The van der Waals surface area contributed by atoms with Crippen molar-refractivity contribution < 1.29 is 4.79 Å². The lowest BCUT2D eigenvalue weighted by Gasteiger charge is -2.25. The maximum atomic E-state index is 12.1. The first-order valence-corrected chi connectivity index (χ1v) is 8.67. The highest BCUT2D eigenvalue weighted by Crippen LogP contribution is 2.17. The Labute approximate surface area is 173 Å². The van der Waals surface area contributed by atoms with Crippen LogP contribution >= 0.6 is 35.6 Å². The second kappa shape index (κ2) is 10.9. The molecule has 25 heavy (non-hydrogen) atoms. The van der Waals surface area contributed by atoms with Crippen LogP contribution in [-0.2, 0) is 18.4 Å². The van der Waals surface area contributed by atoms with Crippen LogP contribution in [0.25, 0.3) is 0 Å². The quantitative estimate of drug-likeness (QED) is 0.356. The summed E-state index contributed by atoms with van der Waals surface area (Å²) in [7, 11) is 3.94. The van der Waals surface area contributed by atoms with Gasteiger partial charge in [0.15, 0.2) is 5.96 Å². The molecule has 0 radical (unpaired) electrons. The maximum absolute atomic E-state index is 12.1. The summed E-state index contributed by atoms with van der Waals surface area (Å²) < 4.78 is 2.00. The van der Waals surface area contributed by atoms with Gasteiger partial charge in [-0.1, -0.05) is 11.6 Å². The van der Waals surface area contributed by atoms with Gasteiger partial charge in [0.05, 0.1) is 23.5 Å². The summed E-state index contributed by atoms with van der Waals surface area (Å²) in [6.45, 7) is 10.2. The Morgan fingerprint density at radius 2 is 1.92 bits per heavy atom. The Bertz CT molecular complexity index is 586. The molecule has 0 aliphatic heterocycles. The molecule has 1 aromatic rings. The molecule has 0 aliphatic rings. The van der Waals surface area contributed by atoms with Gasteiger partial charge in [0, 0.05) is 39.1 Å². The molecule has 1 aromatic heterocycles. The largest absolute Gasteiger partial charge is 0.357 e. The number of hydrogen-bond donors (Lipinski definition) is 2. The molecule has 2 N–H and O–H groups in total. The topological polar surface area (TPSA) is 61.7 Å². The monoisotopic (exact) mass is 483 g/mol. The van der Waals surface area contributed by atoms with Crippen molar-refractivity contribution in [1.82, 2.24) is 20.1 Å². The van der Waals surface area contributed by atoms with Crippen LogP contribution < -0.4 is 10.6 Å². The summed E-state index contributed by atoms with van der Waals surface area (Å²) in [5.41, 5.74) is 0.544. The number of carbonyl (C=O) groups excluding carboxylic acids is 1. The molecule has 6 nitrogen and oxygen atoms in total. The fraction of sp³-hybridized carbons (Fsp3) is 0.647. The minimum Gasteiger partial charge on any atom is -0.357 e. The summed E-state index contributed by atoms with van der Waals surface area (Å²) in [6, 6.07) is 1.94. The van der Waals surface area contributed by atoms with E-state index in [1.54, 1.807) is 0 Å². The number of nitrogens with one attached hydrogen (secondary N) is 2. The van der Waals surface area contributed by atoms with E-state index in [-0.39, 0.29) is 29.9 Å². The van der Waals surface area contributed by atoms with E-state index >= 15 is 0 Å². The van der Waals surface area contributed by atoms with Crippen molar-refractivity contribution in [2.45, 2.75) is 34.2 Å². The molecule has 0 spiro atoms. The first kappa shape index (κ1) is 24.0. The second-order valence-corrected chi connectivity index (χ2v) is 6.97. The number of amides is 1. The van der Waals surface area contributed by atoms with Crippen molar-refractivity contribution in [3.8, 4) is 0 Å². The molecule has 0 aliphatic carbocycles. The molecule has 1 amide bonds. The van der Waals surface area contributed by atoms with E-state index in [1.165, 1.54) is 0 Å². The Hall–Kier alpha value is -0.960. The van der Waals surface area contributed by atoms with Crippen LogP contribution in [0, 0.1) is 5.41 Å². The van der Waals surface area contributed by atoms with Crippen LogP contribution in [0.3, 0.4) is 0 Å². The molecule has 0 aromatic carbocycles. The average Bonchev–Trinajstić information content (AvgIpc) is 2.81. The number of rotatable bonds is 7. The van der Waals surface area contributed by atoms with E-state index in [2.05, 4.69) is 15.6 Å². The van der Waals surface area contributed by atoms with Crippen molar-refractivity contribution in [1.29, 1.82) is 0 Å². The Morgan fingerprint density at radius 1 is 1.32 bits per heavy atom. The summed E-state index contributed by atoms with van der Waals surface area (Å²) in [5.74, 6) is 0.786. The fourth-order valence-corrected chi connectivity index (χ4v) is 2.53. The van der Waals surface area contributed by atoms with Crippen molar-refractivity contribution in [2.24, 2.45) is 17.5 Å². The highest BCUT2D eigenvalue weighted by atomic mass is 127. The third-order valence-corrected chi connectivity index (χ3v) is 3.95. The van der Waals surface area contributed by atoms with Gasteiger partial charge in [-0.15, -0.1) is 24.0 Å².